The lowest BCUT2D eigenvalue weighted by molar-refractivity contribution is 0.0859. The molecule has 1 atom stereocenters. The Morgan fingerprint density at radius 3 is 2.94 bits per heavy atom. The van der Waals surface area contributed by atoms with E-state index < -0.39 is 5.54 Å². The van der Waals surface area contributed by atoms with E-state index in [1.807, 2.05) is 19.1 Å². The van der Waals surface area contributed by atoms with Gasteiger partial charge in [-0.2, -0.15) is 0 Å². The van der Waals surface area contributed by atoms with Crippen molar-refractivity contribution in [1.29, 1.82) is 0 Å². The Labute approximate surface area is 101 Å². The summed E-state index contributed by atoms with van der Waals surface area (Å²) >= 11 is 0. The quantitative estimate of drug-likeness (QED) is 0.801. The molecule has 1 aliphatic heterocycles. The first kappa shape index (κ1) is 12.1. The summed E-state index contributed by atoms with van der Waals surface area (Å²) in [4.78, 5) is 12.4. The Morgan fingerprint density at radius 2 is 2.29 bits per heavy atom. The number of para-hydroxylation sites is 1. The van der Waals surface area contributed by atoms with Gasteiger partial charge in [0, 0.05) is 6.61 Å². The highest BCUT2D eigenvalue weighted by Crippen LogP contribution is 2.26. The molecule has 17 heavy (non-hydrogen) atoms. The third kappa shape index (κ3) is 2.33. The lowest BCUT2D eigenvalue weighted by Crippen LogP contribution is -2.48. The number of carbonyl (C=O) groups is 1. The summed E-state index contributed by atoms with van der Waals surface area (Å²) < 4.78 is 10.7. The molecule has 1 aromatic carbocycles. The molecule has 1 aliphatic rings. The van der Waals surface area contributed by atoms with E-state index in [0.717, 1.165) is 0 Å². The van der Waals surface area contributed by atoms with Gasteiger partial charge < -0.3 is 15.2 Å². The van der Waals surface area contributed by atoms with E-state index in [9.17, 15) is 4.79 Å². The molecule has 1 fully saturated rings. The SMILES string of the molecule is CCOc1ccccc1C(=O)C1(N)CCOC1. The normalized spacial score (nSPS) is 23.6. The van der Waals surface area contributed by atoms with Crippen LogP contribution in [0.2, 0.25) is 0 Å². The predicted octanol–water partition coefficient (Wildman–Crippen LogP) is 1.39. The van der Waals surface area contributed by atoms with Crippen LogP contribution in [0.25, 0.3) is 0 Å². The maximum Gasteiger partial charge on any atom is 0.188 e. The molecule has 0 aliphatic carbocycles. The van der Waals surface area contributed by atoms with Gasteiger partial charge in [0.05, 0.1) is 18.8 Å². The van der Waals surface area contributed by atoms with Crippen LogP contribution < -0.4 is 10.5 Å². The van der Waals surface area contributed by atoms with Crippen LogP contribution in [-0.2, 0) is 4.74 Å². The van der Waals surface area contributed by atoms with Gasteiger partial charge in [0.2, 0.25) is 0 Å². The molecule has 2 N–H and O–H groups in total. The first-order chi connectivity index (χ1) is 8.17. The van der Waals surface area contributed by atoms with E-state index in [2.05, 4.69) is 0 Å². The van der Waals surface area contributed by atoms with Crippen molar-refractivity contribution in [2.24, 2.45) is 5.73 Å². The molecule has 0 amide bonds. The van der Waals surface area contributed by atoms with E-state index in [-0.39, 0.29) is 12.4 Å². The van der Waals surface area contributed by atoms with Crippen molar-refractivity contribution in [2.45, 2.75) is 18.9 Å². The lowest BCUT2D eigenvalue weighted by atomic mass is 9.89. The molecule has 92 valence electrons. The molecule has 0 bridgehead atoms. The number of Topliss-reactive ketones (excluding diaryl/α,β-unsaturated/α-hetero) is 1. The van der Waals surface area contributed by atoms with Gasteiger partial charge in [-0.05, 0) is 25.5 Å². The smallest absolute Gasteiger partial charge is 0.188 e. The van der Waals surface area contributed by atoms with Crippen LogP contribution in [0.15, 0.2) is 24.3 Å². The summed E-state index contributed by atoms with van der Waals surface area (Å²) in [6, 6.07) is 7.20. The molecule has 2 rings (SSSR count). The molecule has 1 unspecified atom stereocenters. The minimum absolute atomic E-state index is 0.0981. The number of hydrogen-bond acceptors (Lipinski definition) is 4. The summed E-state index contributed by atoms with van der Waals surface area (Å²) in [6.07, 6.45) is 0.562. The van der Waals surface area contributed by atoms with Crippen LogP contribution >= 0.6 is 0 Å². The highest BCUT2D eigenvalue weighted by molar-refractivity contribution is 6.05. The highest BCUT2D eigenvalue weighted by Gasteiger charge is 2.39. The average Bonchev–Trinajstić information content (AvgIpc) is 2.78. The number of ketones is 1. The Bertz CT molecular complexity index is 411. The van der Waals surface area contributed by atoms with Gasteiger partial charge in [0.1, 0.15) is 11.3 Å². The van der Waals surface area contributed by atoms with E-state index >= 15 is 0 Å². The molecular formula is C13H17NO3. The summed E-state index contributed by atoms with van der Waals surface area (Å²) in [5.74, 6) is 0.496. The van der Waals surface area contributed by atoms with Crippen LogP contribution in [0.4, 0.5) is 0 Å². The van der Waals surface area contributed by atoms with Crippen LogP contribution in [0.5, 0.6) is 5.75 Å². The van der Waals surface area contributed by atoms with Crippen molar-refractivity contribution in [3.05, 3.63) is 29.8 Å². The van der Waals surface area contributed by atoms with Gasteiger partial charge in [-0.3, -0.25) is 4.79 Å². The topological polar surface area (TPSA) is 61.5 Å². The third-order valence-electron chi connectivity index (χ3n) is 2.94. The molecule has 4 heteroatoms. The van der Waals surface area contributed by atoms with Gasteiger partial charge in [-0.15, -0.1) is 0 Å². The first-order valence-electron chi connectivity index (χ1n) is 5.80. The van der Waals surface area contributed by atoms with Crippen LogP contribution in [0.3, 0.4) is 0 Å². The number of ether oxygens (including phenoxy) is 2. The zero-order valence-electron chi connectivity index (χ0n) is 9.94. The van der Waals surface area contributed by atoms with Gasteiger partial charge in [-0.25, -0.2) is 0 Å². The standard InChI is InChI=1S/C13H17NO3/c1-2-17-11-6-4-3-5-10(11)12(15)13(14)7-8-16-9-13/h3-6H,2,7-9,14H2,1H3. The minimum atomic E-state index is -0.896. The molecular weight excluding hydrogens is 218 g/mol. The van der Waals surface area contributed by atoms with Gasteiger partial charge in [-0.1, -0.05) is 12.1 Å². The van der Waals surface area contributed by atoms with Crippen LogP contribution in [-0.4, -0.2) is 31.1 Å². The maximum atomic E-state index is 12.4. The molecule has 0 aromatic heterocycles. The second-order valence-corrected chi connectivity index (χ2v) is 4.22. The first-order valence-corrected chi connectivity index (χ1v) is 5.80. The van der Waals surface area contributed by atoms with Crippen molar-refractivity contribution in [3.8, 4) is 5.75 Å². The van der Waals surface area contributed by atoms with E-state index in [1.165, 1.54) is 0 Å². The number of carbonyl (C=O) groups excluding carboxylic acids is 1. The summed E-state index contributed by atoms with van der Waals surface area (Å²) in [5, 5.41) is 0. The number of hydrogen-bond donors (Lipinski definition) is 1. The van der Waals surface area contributed by atoms with E-state index in [4.69, 9.17) is 15.2 Å². The van der Waals surface area contributed by atoms with E-state index in [0.29, 0.717) is 30.9 Å². The molecule has 4 nitrogen and oxygen atoms in total. The molecule has 0 spiro atoms. The van der Waals surface area contributed by atoms with Crippen LogP contribution in [0, 0.1) is 0 Å². The maximum absolute atomic E-state index is 12.4. The number of nitrogens with two attached hydrogens (primary N) is 1. The third-order valence-corrected chi connectivity index (χ3v) is 2.94. The van der Waals surface area contributed by atoms with Gasteiger partial charge >= 0.3 is 0 Å². The highest BCUT2D eigenvalue weighted by atomic mass is 16.5. The fraction of sp³-hybridized carbons (Fsp3) is 0.462. The fourth-order valence-corrected chi connectivity index (χ4v) is 1.96. The van der Waals surface area contributed by atoms with Crippen molar-refractivity contribution >= 4 is 5.78 Å². The molecule has 1 saturated heterocycles. The zero-order chi connectivity index (χ0) is 12.3. The van der Waals surface area contributed by atoms with Gasteiger partial charge in [0.15, 0.2) is 5.78 Å². The number of benzene rings is 1. The lowest BCUT2D eigenvalue weighted by Gasteiger charge is -2.21. The number of rotatable bonds is 4. The second kappa shape index (κ2) is 4.85. The van der Waals surface area contributed by atoms with Crippen LogP contribution in [0.1, 0.15) is 23.7 Å². The Balaban J connectivity index is 2.30. The second-order valence-electron chi connectivity index (χ2n) is 4.22. The monoisotopic (exact) mass is 235 g/mol. The fourth-order valence-electron chi connectivity index (χ4n) is 1.96. The Morgan fingerprint density at radius 1 is 1.53 bits per heavy atom. The molecule has 1 aromatic rings. The predicted molar refractivity (Wildman–Crippen MR) is 64.3 cm³/mol. The summed E-state index contributed by atoms with van der Waals surface area (Å²) in [5.41, 5.74) is 5.72. The average molecular weight is 235 g/mol. The molecule has 0 saturated carbocycles. The summed E-state index contributed by atoms with van der Waals surface area (Å²) in [6.45, 7) is 3.24. The van der Waals surface area contributed by atoms with E-state index in [1.54, 1.807) is 12.1 Å². The van der Waals surface area contributed by atoms with Crippen molar-refractivity contribution in [2.75, 3.05) is 19.8 Å². The van der Waals surface area contributed by atoms with Crippen molar-refractivity contribution in [1.82, 2.24) is 0 Å². The molecule has 0 radical (unpaired) electrons. The van der Waals surface area contributed by atoms with Crippen molar-refractivity contribution in [3.63, 3.8) is 0 Å². The zero-order valence-corrected chi connectivity index (χ0v) is 9.94. The van der Waals surface area contributed by atoms with Gasteiger partial charge in [0.25, 0.3) is 0 Å². The Kier molecular flexibility index (Phi) is 3.45. The largest absolute Gasteiger partial charge is 0.493 e. The van der Waals surface area contributed by atoms with Crippen molar-refractivity contribution < 1.29 is 14.3 Å². The molecule has 1 heterocycles. The Hall–Kier alpha value is -1.39. The minimum Gasteiger partial charge on any atom is -0.493 e. The summed E-state index contributed by atoms with van der Waals surface area (Å²) in [7, 11) is 0.